The topological polar surface area (TPSA) is 110 Å². The molecule has 0 bridgehead atoms. The van der Waals surface area contributed by atoms with E-state index in [1.807, 2.05) is 119 Å². The van der Waals surface area contributed by atoms with E-state index in [4.69, 9.17) is 27.8 Å². The summed E-state index contributed by atoms with van der Waals surface area (Å²) in [5.74, 6) is 3.72. The van der Waals surface area contributed by atoms with Crippen LogP contribution in [0.3, 0.4) is 0 Å². The van der Waals surface area contributed by atoms with Crippen molar-refractivity contribution in [1.82, 2.24) is 19.6 Å². The van der Waals surface area contributed by atoms with Crippen LogP contribution in [0.15, 0.2) is 118 Å². The van der Waals surface area contributed by atoms with E-state index < -0.39 is 12.0 Å². The number of carbonyl (C=O) groups excluding carboxylic acids is 2. The maximum absolute atomic E-state index is 16.0. The molecule has 0 spiro atoms. The van der Waals surface area contributed by atoms with Gasteiger partial charge in [-0.2, -0.15) is 0 Å². The highest BCUT2D eigenvalue weighted by molar-refractivity contribution is 6.09. The maximum Gasteiger partial charge on any atom is 0.238 e. The molecule has 4 aromatic carbocycles. The Labute approximate surface area is 375 Å². The molecule has 0 fully saturated rings. The largest absolute Gasteiger partial charge is 0.493 e. The monoisotopic (exact) mass is 866 g/mol. The number of rotatable bonds is 18. The van der Waals surface area contributed by atoms with E-state index in [1.165, 1.54) is 0 Å². The number of Topliss-reactive ketones (excluding diaryl/α,β-unsaturated/α-hetero) is 1. The molecule has 2 unspecified atom stereocenters. The fraction of sp³-hybridized carbons (Fsp3) is 0.346. The van der Waals surface area contributed by atoms with Crippen molar-refractivity contribution in [3.05, 3.63) is 166 Å². The number of hydrogen-bond donors (Lipinski definition) is 0. The predicted molar refractivity (Wildman–Crippen MR) is 243 cm³/mol. The fourth-order valence-electron chi connectivity index (χ4n) is 8.75. The van der Waals surface area contributed by atoms with Gasteiger partial charge in [0, 0.05) is 50.1 Å². The zero-order valence-electron chi connectivity index (χ0n) is 37.7. The predicted octanol–water partition coefficient (Wildman–Crippen LogP) is 8.21. The Balaban J connectivity index is 1.18. The number of ketones is 1. The lowest BCUT2D eigenvalue weighted by Crippen LogP contribution is -2.45. The molecule has 2 atom stereocenters. The summed E-state index contributed by atoms with van der Waals surface area (Å²) < 4.78 is 36.9. The van der Waals surface area contributed by atoms with Crippen molar-refractivity contribution in [3.8, 4) is 23.0 Å². The molecule has 8 rings (SSSR count). The van der Waals surface area contributed by atoms with Gasteiger partial charge in [0.15, 0.2) is 28.8 Å². The third-order valence-electron chi connectivity index (χ3n) is 11.8. The normalized spacial score (nSPS) is 14.8. The minimum absolute atomic E-state index is 0.267. The van der Waals surface area contributed by atoms with Gasteiger partial charge in [0.2, 0.25) is 5.91 Å². The Bertz CT molecular complexity index is 2530. The van der Waals surface area contributed by atoms with Crippen molar-refractivity contribution in [1.29, 1.82) is 0 Å². The van der Waals surface area contributed by atoms with Crippen LogP contribution in [-0.4, -0.2) is 86.8 Å². The summed E-state index contributed by atoms with van der Waals surface area (Å²) >= 11 is 0. The lowest BCUT2D eigenvalue weighted by molar-refractivity contribution is -0.140. The van der Waals surface area contributed by atoms with Crippen LogP contribution in [0.4, 0.5) is 0 Å². The minimum atomic E-state index is -1.20. The van der Waals surface area contributed by atoms with E-state index in [0.717, 1.165) is 45.3 Å². The van der Waals surface area contributed by atoms with Gasteiger partial charge < -0.3 is 42.5 Å². The van der Waals surface area contributed by atoms with Gasteiger partial charge in [-0.15, -0.1) is 0 Å². The minimum Gasteiger partial charge on any atom is -0.493 e. The second-order valence-corrected chi connectivity index (χ2v) is 17.1. The second-order valence-electron chi connectivity index (χ2n) is 17.1. The lowest BCUT2D eigenvalue weighted by Gasteiger charge is -2.37. The molecule has 4 heterocycles. The summed E-state index contributed by atoms with van der Waals surface area (Å²) in [6.45, 7) is 3.68. The van der Waals surface area contributed by atoms with Crippen LogP contribution in [0.25, 0.3) is 0 Å². The highest BCUT2D eigenvalue weighted by Gasteiger charge is 2.42. The summed E-state index contributed by atoms with van der Waals surface area (Å²) in [6.07, 6.45) is 1.15. The number of methoxy groups -OCH3 is 2. The van der Waals surface area contributed by atoms with E-state index in [0.29, 0.717) is 99.4 Å². The first kappa shape index (κ1) is 44.3. The van der Waals surface area contributed by atoms with Gasteiger partial charge in [0.1, 0.15) is 42.2 Å². The zero-order valence-corrected chi connectivity index (χ0v) is 37.7. The van der Waals surface area contributed by atoms with Crippen molar-refractivity contribution >= 4 is 11.7 Å². The summed E-state index contributed by atoms with van der Waals surface area (Å²) in [6, 6.07) is 34.1. The van der Waals surface area contributed by atoms with Crippen molar-refractivity contribution in [2.24, 2.45) is 0 Å². The third-order valence-corrected chi connectivity index (χ3v) is 11.8. The smallest absolute Gasteiger partial charge is 0.238 e. The van der Waals surface area contributed by atoms with Gasteiger partial charge in [0.25, 0.3) is 0 Å². The van der Waals surface area contributed by atoms with E-state index in [2.05, 4.69) is 20.8 Å². The van der Waals surface area contributed by atoms with E-state index in [1.54, 1.807) is 31.3 Å². The molecule has 6 aromatic rings. The van der Waals surface area contributed by atoms with E-state index in [-0.39, 0.29) is 11.7 Å². The molecular weight excluding hydrogens is 809 g/mol. The van der Waals surface area contributed by atoms with Crippen molar-refractivity contribution in [3.63, 3.8) is 0 Å². The van der Waals surface area contributed by atoms with Crippen molar-refractivity contribution in [2.45, 2.75) is 64.2 Å². The standard InChI is InChI=1S/C52H58N4O8/c1-53(2)31-41-25-39-29-55(23-21-43(39)63-41)50(38-18-20-46(48(28-38)60-6)62-34-36-15-11-8-12-16-36)51(57)49(52(58)56-24-22-44-40(30-56)26-42(64-44)32-54(3)4)37-17-19-45(47(27-37)59-5)61-33-35-13-9-7-10-14-35/h7-20,25-28,49-50H,21-24,29-34H2,1-6H3. The molecule has 64 heavy (non-hydrogen) atoms. The molecule has 2 aliphatic rings. The number of carbonyl (C=O) groups is 2. The average Bonchev–Trinajstić information content (AvgIpc) is 3.90. The summed E-state index contributed by atoms with van der Waals surface area (Å²) in [5.41, 5.74) is 5.19. The summed E-state index contributed by atoms with van der Waals surface area (Å²) in [5, 5.41) is 0. The molecular formula is C52H58N4O8. The molecule has 12 heteroatoms. The molecule has 1 amide bonds. The number of amides is 1. The molecule has 0 N–H and O–H groups in total. The first-order chi connectivity index (χ1) is 31.1. The summed E-state index contributed by atoms with van der Waals surface area (Å²) in [7, 11) is 11.2. The van der Waals surface area contributed by atoms with Crippen LogP contribution in [-0.2, 0) is 61.8 Å². The average molecular weight is 867 g/mol. The Hall–Kier alpha value is -6.34. The van der Waals surface area contributed by atoms with Gasteiger partial charge in [-0.1, -0.05) is 72.8 Å². The Morgan fingerprint density at radius 2 is 1.11 bits per heavy atom. The third kappa shape index (κ3) is 10.2. The quantitative estimate of drug-likeness (QED) is 0.0780. The highest BCUT2D eigenvalue weighted by atomic mass is 16.5. The van der Waals surface area contributed by atoms with Crippen LogP contribution in [0.5, 0.6) is 23.0 Å². The van der Waals surface area contributed by atoms with E-state index in [9.17, 15) is 0 Å². The van der Waals surface area contributed by atoms with Crippen LogP contribution in [0.2, 0.25) is 0 Å². The summed E-state index contributed by atoms with van der Waals surface area (Å²) in [4.78, 5) is 39.4. The molecule has 2 aromatic heterocycles. The molecule has 334 valence electrons. The van der Waals surface area contributed by atoms with Crippen LogP contribution in [0.1, 0.15) is 68.4 Å². The Morgan fingerprint density at radius 1 is 0.609 bits per heavy atom. The molecule has 0 saturated carbocycles. The molecule has 0 saturated heterocycles. The van der Waals surface area contributed by atoms with Crippen LogP contribution in [0, 0.1) is 0 Å². The SMILES string of the molecule is COc1cc(C(C(=O)C(c2ccc(OCc3ccccc3)c(OC)c2)N2CCc3oc(CN(C)C)cc3C2)C(=O)N2CCc3oc(CN(C)C)cc3C2)ccc1OCc1ccccc1. The van der Waals surface area contributed by atoms with Crippen molar-refractivity contribution < 1.29 is 37.4 Å². The number of ether oxygens (including phenoxy) is 4. The van der Waals surface area contributed by atoms with Gasteiger partial charge in [-0.3, -0.25) is 14.5 Å². The zero-order chi connectivity index (χ0) is 44.7. The molecule has 12 nitrogen and oxygen atoms in total. The fourth-order valence-corrected chi connectivity index (χ4v) is 8.75. The molecule has 2 aliphatic heterocycles. The number of furan rings is 2. The van der Waals surface area contributed by atoms with Gasteiger partial charge in [-0.25, -0.2) is 0 Å². The van der Waals surface area contributed by atoms with Gasteiger partial charge >= 0.3 is 0 Å². The number of benzene rings is 4. The number of nitrogens with zero attached hydrogens (tertiary/aromatic N) is 4. The second kappa shape index (κ2) is 20.0. The van der Waals surface area contributed by atoms with Gasteiger partial charge in [-0.05, 0) is 86.8 Å². The highest BCUT2D eigenvalue weighted by Crippen LogP contribution is 2.41. The molecule has 0 aliphatic carbocycles. The maximum atomic E-state index is 16.0. The van der Waals surface area contributed by atoms with Crippen LogP contribution >= 0.6 is 0 Å². The Kier molecular flexibility index (Phi) is 13.8. The first-order valence-corrected chi connectivity index (χ1v) is 21.8. The Morgan fingerprint density at radius 3 is 1.64 bits per heavy atom. The van der Waals surface area contributed by atoms with Crippen molar-refractivity contribution in [2.75, 3.05) is 55.5 Å². The van der Waals surface area contributed by atoms with Gasteiger partial charge in [0.05, 0.1) is 33.4 Å². The molecule has 0 radical (unpaired) electrons. The van der Waals surface area contributed by atoms with Crippen LogP contribution < -0.4 is 18.9 Å². The lowest BCUT2D eigenvalue weighted by atomic mass is 9.84. The van der Waals surface area contributed by atoms with E-state index >= 15 is 9.59 Å². The number of fused-ring (bicyclic) bond motifs is 2. The number of hydrogen-bond acceptors (Lipinski definition) is 11. The first-order valence-electron chi connectivity index (χ1n) is 21.8.